The van der Waals surface area contributed by atoms with Gasteiger partial charge in [0, 0.05) is 32.6 Å². The molecule has 0 aliphatic heterocycles. The number of rotatable bonds is 39. The lowest BCUT2D eigenvalue weighted by Crippen LogP contribution is -2.33. The number of unbranched alkanes of at least 4 members (excludes halogenated alkanes) is 8. The number of carbonyl (C=O) groups excluding carboxylic acids is 1. The van der Waals surface area contributed by atoms with Gasteiger partial charge in [0.1, 0.15) is 5.78 Å². The summed E-state index contributed by atoms with van der Waals surface area (Å²) in [6, 6.07) is 0. The van der Waals surface area contributed by atoms with E-state index in [1.54, 1.807) is 0 Å². The van der Waals surface area contributed by atoms with E-state index in [0.29, 0.717) is 23.0 Å². The highest BCUT2D eigenvalue weighted by molar-refractivity contribution is 5.78. The second-order valence-corrected chi connectivity index (χ2v) is 20.0. The van der Waals surface area contributed by atoms with Gasteiger partial charge in [-0.2, -0.15) is 0 Å². The standard InChI is InChI=1S/C53H97NO4/c1-45(2)21-18-23-48(6)33-43-57-52(58-44-34-49(7)29-28-46(3)4)27-19-24-47(5)22-14-10-8-12-16-39-54(41-42-55)40-17-13-9-11-15-25-51(56)26-20-35-53-36-30-50(31-37-53)32-38-53/h21,28,48-50,52,55H,5,8-20,22-27,29-44H2,1-4,6-7H3. The van der Waals surface area contributed by atoms with Crippen LogP contribution in [-0.4, -0.2) is 61.5 Å². The molecular weight excluding hydrogens is 715 g/mol. The largest absolute Gasteiger partial charge is 0.395 e. The molecule has 0 spiro atoms. The number of allylic oxidation sites excluding steroid dienone is 5. The molecule has 3 aliphatic rings. The Hall–Kier alpha value is -1.27. The van der Waals surface area contributed by atoms with Crippen LogP contribution in [0.25, 0.3) is 0 Å². The smallest absolute Gasteiger partial charge is 0.157 e. The Kier molecular flexibility index (Phi) is 30.4. The number of ether oxygens (including phenoxy) is 2. The topological polar surface area (TPSA) is 59.0 Å². The fourth-order valence-electron chi connectivity index (χ4n) is 9.42. The Balaban J connectivity index is 1.49. The van der Waals surface area contributed by atoms with E-state index in [-0.39, 0.29) is 12.9 Å². The van der Waals surface area contributed by atoms with Crippen LogP contribution >= 0.6 is 0 Å². The molecule has 0 aromatic heterocycles. The quantitative estimate of drug-likeness (QED) is 0.0381. The van der Waals surface area contributed by atoms with Crippen molar-refractivity contribution in [3.63, 3.8) is 0 Å². The minimum absolute atomic E-state index is 0.111. The molecule has 5 nitrogen and oxygen atoms in total. The average molecular weight is 812 g/mol. The van der Waals surface area contributed by atoms with Gasteiger partial charge in [-0.25, -0.2) is 0 Å². The van der Waals surface area contributed by atoms with Gasteiger partial charge in [0.15, 0.2) is 6.29 Å². The Morgan fingerprint density at radius 2 is 1.21 bits per heavy atom. The number of ketones is 1. The van der Waals surface area contributed by atoms with Gasteiger partial charge in [-0.3, -0.25) is 4.79 Å². The van der Waals surface area contributed by atoms with Crippen LogP contribution < -0.4 is 0 Å². The Labute approximate surface area is 361 Å². The summed E-state index contributed by atoms with van der Waals surface area (Å²) in [5, 5.41) is 9.63. The van der Waals surface area contributed by atoms with Crippen molar-refractivity contribution in [3.05, 3.63) is 35.5 Å². The molecule has 0 amide bonds. The van der Waals surface area contributed by atoms with Crippen molar-refractivity contribution in [2.24, 2.45) is 23.2 Å². The third kappa shape index (κ3) is 27.6. The number of Topliss-reactive ketones (excluding diaryl/α,β-unsaturated/α-hetero) is 1. The molecule has 0 radical (unpaired) electrons. The number of carbonyl (C=O) groups is 1. The molecule has 1 N–H and O–H groups in total. The van der Waals surface area contributed by atoms with Crippen molar-refractivity contribution >= 4 is 5.78 Å². The van der Waals surface area contributed by atoms with Crippen LogP contribution in [0.3, 0.4) is 0 Å². The zero-order valence-electron chi connectivity index (χ0n) is 39.5. The maximum absolute atomic E-state index is 12.5. The van der Waals surface area contributed by atoms with Crippen LogP contribution in [0.2, 0.25) is 0 Å². The van der Waals surface area contributed by atoms with E-state index >= 15 is 0 Å². The summed E-state index contributed by atoms with van der Waals surface area (Å²) in [7, 11) is 0. The molecule has 0 aromatic carbocycles. The van der Waals surface area contributed by atoms with Crippen LogP contribution in [0.4, 0.5) is 0 Å². The fraction of sp³-hybridized carbons (Fsp3) is 0.868. The van der Waals surface area contributed by atoms with Gasteiger partial charge < -0.3 is 19.5 Å². The summed E-state index contributed by atoms with van der Waals surface area (Å²) < 4.78 is 12.7. The van der Waals surface area contributed by atoms with Gasteiger partial charge in [0.25, 0.3) is 0 Å². The van der Waals surface area contributed by atoms with E-state index < -0.39 is 0 Å². The monoisotopic (exact) mass is 812 g/mol. The molecule has 58 heavy (non-hydrogen) atoms. The molecule has 3 fully saturated rings. The number of fused-ring (bicyclic) bond motifs is 3. The lowest BCUT2D eigenvalue weighted by molar-refractivity contribution is -0.150. The summed E-state index contributed by atoms with van der Waals surface area (Å²) >= 11 is 0. The third-order valence-corrected chi connectivity index (χ3v) is 13.7. The predicted molar refractivity (Wildman–Crippen MR) is 250 cm³/mol. The van der Waals surface area contributed by atoms with Gasteiger partial charge >= 0.3 is 0 Å². The molecule has 3 aliphatic carbocycles. The zero-order valence-corrected chi connectivity index (χ0v) is 39.5. The molecule has 3 rings (SSSR count). The molecule has 3 atom stereocenters. The van der Waals surface area contributed by atoms with Gasteiger partial charge in [-0.1, -0.05) is 87.8 Å². The molecular formula is C53H97NO4. The van der Waals surface area contributed by atoms with Crippen LogP contribution in [0.15, 0.2) is 35.5 Å². The lowest BCUT2D eigenvalue weighted by Gasteiger charge is -2.47. The van der Waals surface area contributed by atoms with E-state index in [2.05, 4.69) is 65.2 Å². The first kappa shape index (κ1) is 52.9. The first-order valence-electron chi connectivity index (χ1n) is 25.0. The molecule has 2 bridgehead atoms. The molecule has 5 heteroatoms. The first-order valence-corrected chi connectivity index (χ1v) is 25.0. The zero-order chi connectivity index (χ0) is 42.3. The SMILES string of the molecule is C=C(CCCCCCCN(CCO)CCCCCCCC(=O)CCCC12CCC(CC1)CC2)CCCC(OCCC(C)CC=C(C)C)OCCC(C)CCC=C(C)C. The Morgan fingerprint density at radius 3 is 1.81 bits per heavy atom. The summed E-state index contributed by atoms with van der Waals surface area (Å²) in [6.07, 6.45) is 39.3. The van der Waals surface area contributed by atoms with Crippen molar-refractivity contribution in [1.82, 2.24) is 4.90 Å². The Bertz CT molecular complexity index is 1080. The summed E-state index contributed by atoms with van der Waals surface area (Å²) in [5.74, 6) is 2.81. The molecule has 338 valence electrons. The second-order valence-electron chi connectivity index (χ2n) is 20.0. The van der Waals surface area contributed by atoms with E-state index in [4.69, 9.17) is 9.47 Å². The van der Waals surface area contributed by atoms with Gasteiger partial charge in [-0.05, 0) is 199 Å². The number of aliphatic hydroxyl groups excluding tert-OH is 1. The van der Waals surface area contributed by atoms with E-state index in [0.717, 1.165) is 116 Å². The van der Waals surface area contributed by atoms with Crippen molar-refractivity contribution in [2.75, 3.05) is 39.5 Å². The minimum Gasteiger partial charge on any atom is -0.395 e. The van der Waals surface area contributed by atoms with Gasteiger partial charge in [-0.15, -0.1) is 0 Å². The second kappa shape index (κ2) is 33.4. The molecule has 3 saturated carbocycles. The normalized spacial score (nSPS) is 19.3. The number of hydrogen-bond donors (Lipinski definition) is 1. The minimum atomic E-state index is -0.111. The molecule has 3 unspecified atom stereocenters. The van der Waals surface area contributed by atoms with Gasteiger partial charge in [0.05, 0.1) is 6.61 Å². The van der Waals surface area contributed by atoms with E-state index in [1.165, 1.54) is 126 Å². The van der Waals surface area contributed by atoms with E-state index in [1.807, 2.05) is 0 Å². The van der Waals surface area contributed by atoms with Crippen molar-refractivity contribution < 1.29 is 19.4 Å². The summed E-state index contributed by atoms with van der Waals surface area (Å²) in [4.78, 5) is 15.0. The Morgan fingerprint density at radius 1 is 0.672 bits per heavy atom. The number of aliphatic hydroxyl groups is 1. The summed E-state index contributed by atoms with van der Waals surface area (Å²) in [6.45, 7) is 22.6. The molecule has 0 aromatic rings. The lowest BCUT2D eigenvalue weighted by atomic mass is 9.59. The van der Waals surface area contributed by atoms with Crippen LogP contribution in [0.5, 0.6) is 0 Å². The summed E-state index contributed by atoms with van der Waals surface area (Å²) in [5.41, 5.74) is 4.79. The first-order chi connectivity index (χ1) is 28.0. The maximum atomic E-state index is 12.5. The average Bonchev–Trinajstić information content (AvgIpc) is 3.19. The van der Waals surface area contributed by atoms with Crippen LogP contribution in [0.1, 0.15) is 228 Å². The third-order valence-electron chi connectivity index (χ3n) is 13.7. The number of hydrogen-bond acceptors (Lipinski definition) is 5. The van der Waals surface area contributed by atoms with Crippen molar-refractivity contribution in [2.45, 2.75) is 234 Å². The van der Waals surface area contributed by atoms with Crippen molar-refractivity contribution in [3.8, 4) is 0 Å². The highest BCUT2D eigenvalue weighted by Crippen LogP contribution is 2.52. The fourth-order valence-corrected chi connectivity index (χ4v) is 9.42. The molecule has 0 saturated heterocycles. The highest BCUT2D eigenvalue weighted by Gasteiger charge is 2.39. The van der Waals surface area contributed by atoms with Crippen LogP contribution in [0, 0.1) is 23.2 Å². The van der Waals surface area contributed by atoms with E-state index in [9.17, 15) is 9.90 Å². The number of nitrogens with zero attached hydrogens (tertiary/aromatic N) is 1. The highest BCUT2D eigenvalue weighted by atomic mass is 16.7. The maximum Gasteiger partial charge on any atom is 0.157 e. The van der Waals surface area contributed by atoms with Crippen LogP contribution in [-0.2, 0) is 14.3 Å². The van der Waals surface area contributed by atoms with Crippen molar-refractivity contribution in [1.29, 1.82) is 0 Å². The molecule has 0 heterocycles. The predicted octanol–water partition coefficient (Wildman–Crippen LogP) is 14.9. The van der Waals surface area contributed by atoms with Gasteiger partial charge in [0.2, 0.25) is 0 Å².